The summed E-state index contributed by atoms with van der Waals surface area (Å²) in [7, 11) is 1.60. The van der Waals surface area contributed by atoms with E-state index in [1.807, 2.05) is 32.9 Å². The Kier molecular flexibility index (Phi) is 5.95. The van der Waals surface area contributed by atoms with E-state index in [0.29, 0.717) is 5.75 Å². The SMILES string of the molecule is COc1ccc(OCC(=O)N/N=C(/C)c2ccc(C)cc2C)cc1. The molecule has 0 bridgehead atoms. The van der Waals surface area contributed by atoms with Gasteiger partial charge in [-0.1, -0.05) is 23.8 Å². The summed E-state index contributed by atoms with van der Waals surface area (Å²) in [6.07, 6.45) is 0. The molecular formula is C19H22N2O3. The second-order valence-corrected chi connectivity index (χ2v) is 5.51. The van der Waals surface area contributed by atoms with E-state index in [4.69, 9.17) is 9.47 Å². The number of amides is 1. The molecule has 0 spiro atoms. The molecule has 0 aromatic heterocycles. The Hall–Kier alpha value is -2.82. The van der Waals surface area contributed by atoms with Crippen LogP contribution in [0.1, 0.15) is 23.6 Å². The number of hydrazone groups is 1. The highest BCUT2D eigenvalue weighted by atomic mass is 16.5. The summed E-state index contributed by atoms with van der Waals surface area (Å²) in [4.78, 5) is 11.8. The van der Waals surface area contributed by atoms with Crippen molar-refractivity contribution in [3.8, 4) is 11.5 Å². The monoisotopic (exact) mass is 326 g/mol. The third kappa shape index (κ3) is 4.84. The van der Waals surface area contributed by atoms with Crippen LogP contribution in [0.15, 0.2) is 47.6 Å². The number of carbonyl (C=O) groups excluding carboxylic acids is 1. The standard InChI is InChI=1S/C19H22N2O3/c1-13-5-10-18(14(2)11-13)15(3)20-21-19(22)12-24-17-8-6-16(23-4)7-9-17/h5-11H,12H2,1-4H3,(H,21,22)/b20-15-. The van der Waals surface area contributed by atoms with Crippen LogP contribution in [0.2, 0.25) is 0 Å². The summed E-state index contributed by atoms with van der Waals surface area (Å²) < 4.78 is 10.5. The van der Waals surface area contributed by atoms with Crippen LogP contribution in [0.5, 0.6) is 11.5 Å². The number of carbonyl (C=O) groups is 1. The minimum atomic E-state index is -0.310. The highest BCUT2D eigenvalue weighted by Crippen LogP contribution is 2.16. The van der Waals surface area contributed by atoms with E-state index in [1.54, 1.807) is 31.4 Å². The number of benzene rings is 2. The molecule has 0 aliphatic heterocycles. The van der Waals surface area contributed by atoms with Crippen LogP contribution in [-0.4, -0.2) is 25.3 Å². The predicted molar refractivity (Wildman–Crippen MR) is 94.8 cm³/mol. The average Bonchev–Trinajstić information content (AvgIpc) is 2.58. The molecule has 1 amide bonds. The topological polar surface area (TPSA) is 59.9 Å². The number of methoxy groups -OCH3 is 1. The van der Waals surface area contributed by atoms with E-state index in [1.165, 1.54) is 5.56 Å². The zero-order valence-corrected chi connectivity index (χ0v) is 14.4. The molecule has 0 aliphatic rings. The van der Waals surface area contributed by atoms with Crippen LogP contribution in [0.25, 0.3) is 0 Å². The largest absolute Gasteiger partial charge is 0.497 e. The molecule has 24 heavy (non-hydrogen) atoms. The maximum Gasteiger partial charge on any atom is 0.277 e. The van der Waals surface area contributed by atoms with Crippen molar-refractivity contribution < 1.29 is 14.3 Å². The van der Waals surface area contributed by atoms with E-state index in [-0.39, 0.29) is 12.5 Å². The Balaban J connectivity index is 1.89. The van der Waals surface area contributed by atoms with Gasteiger partial charge in [0.05, 0.1) is 12.8 Å². The summed E-state index contributed by atoms with van der Waals surface area (Å²) in [5.41, 5.74) is 6.60. The van der Waals surface area contributed by atoms with Gasteiger partial charge in [0, 0.05) is 5.56 Å². The molecule has 0 saturated heterocycles. The van der Waals surface area contributed by atoms with E-state index < -0.39 is 0 Å². The van der Waals surface area contributed by atoms with Crippen molar-refractivity contribution in [2.24, 2.45) is 5.10 Å². The summed E-state index contributed by atoms with van der Waals surface area (Å²) in [6.45, 7) is 5.83. The molecule has 2 aromatic carbocycles. The van der Waals surface area contributed by atoms with Gasteiger partial charge in [0.2, 0.25) is 0 Å². The molecule has 0 saturated carbocycles. The van der Waals surface area contributed by atoms with Crippen LogP contribution in [0, 0.1) is 13.8 Å². The van der Waals surface area contributed by atoms with Crippen LogP contribution < -0.4 is 14.9 Å². The van der Waals surface area contributed by atoms with Crippen LogP contribution >= 0.6 is 0 Å². The van der Waals surface area contributed by atoms with Crippen LogP contribution in [-0.2, 0) is 4.79 Å². The zero-order valence-electron chi connectivity index (χ0n) is 14.4. The lowest BCUT2D eigenvalue weighted by Gasteiger charge is -2.08. The number of nitrogens with zero attached hydrogens (tertiary/aromatic N) is 1. The van der Waals surface area contributed by atoms with Gasteiger partial charge in [-0.3, -0.25) is 4.79 Å². The first-order valence-electron chi connectivity index (χ1n) is 7.67. The minimum Gasteiger partial charge on any atom is -0.497 e. The van der Waals surface area contributed by atoms with E-state index in [9.17, 15) is 4.79 Å². The zero-order chi connectivity index (χ0) is 17.5. The number of nitrogens with one attached hydrogen (secondary N) is 1. The third-order valence-corrected chi connectivity index (χ3v) is 3.55. The highest BCUT2D eigenvalue weighted by molar-refractivity contribution is 6.00. The van der Waals surface area contributed by atoms with Gasteiger partial charge >= 0.3 is 0 Å². The Bertz CT molecular complexity index is 737. The van der Waals surface area contributed by atoms with Crippen LogP contribution in [0.4, 0.5) is 0 Å². The predicted octanol–water partition coefficient (Wildman–Crippen LogP) is 3.23. The maximum absolute atomic E-state index is 11.8. The lowest BCUT2D eigenvalue weighted by Crippen LogP contribution is -2.25. The van der Waals surface area contributed by atoms with Gasteiger partial charge in [0.1, 0.15) is 11.5 Å². The van der Waals surface area contributed by atoms with Gasteiger partial charge in [-0.25, -0.2) is 5.43 Å². The first-order chi connectivity index (χ1) is 11.5. The van der Waals surface area contributed by atoms with Crippen molar-refractivity contribution in [1.29, 1.82) is 0 Å². The number of ether oxygens (including phenoxy) is 2. The molecule has 5 nitrogen and oxygen atoms in total. The van der Waals surface area contributed by atoms with Crippen LogP contribution in [0.3, 0.4) is 0 Å². The molecule has 0 atom stereocenters. The van der Waals surface area contributed by atoms with Crippen molar-refractivity contribution >= 4 is 11.6 Å². The molecule has 0 radical (unpaired) electrons. The first-order valence-corrected chi connectivity index (χ1v) is 7.67. The third-order valence-electron chi connectivity index (χ3n) is 3.55. The molecule has 0 aliphatic carbocycles. The van der Waals surface area contributed by atoms with E-state index in [0.717, 1.165) is 22.6 Å². The molecular weight excluding hydrogens is 304 g/mol. The summed E-state index contributed by atoms with van der Waals surface area (Å²) in [5.74, 6) is 1.02. The number of aryl methyl sites for hydroxylation is 2. The second kappa shape index (κ2) is 8.15. The minimum absolute atomic E-state index is 0.101. The van der Waals surface area contributed by atoms with Gasteiger partial charge in [0.15, 0.2) is 6.61 Å². The lowest BCUT2D eigenvalue weighted by atomic mass is 10.0. The summed E-state index contributed by atoms with van der Waals surface area (Å²) >= 11 is 0. The average molecular weight is 326 g/mol. The first kappa shape index (κ1) is 17.5. The molecule has 126 valence electrons. The Morgan fingerprint density at radius 2 is 1.75 bits per heavy atom. The Morgan fingerprint density at radius 3 is 2.38 bits per heavy atom. The normalized spacial score (nSPS) is 11.1. The smallest absolute Gasteiger partial charge is 0.277 e. The molecule has 5 heteroatoms. The summed E-state index contributed by atoms with van der Waals surface area (Å²) in [6, 6.07) is 13.2. The van der Waals surface area contributed by atoms with Gasteiger partial charge < -0.3 is 9.47 Å². The van der Waals surface area contributed by atoms with Crippen molar-refractivity contribution in [2.75, 3.05) is 13.7 Å². The molecule has 1 N–H and O–H groups in total. The van der Waals surface area contributed by atoms with Gasteiger partial charge in [-0.15, -0.1) is 0 Å². The van der Waals surface area contributed by atoms with Gasteiger partial charge in [0.25, 0.3) is 5.91 Å². The van der Waals surface area contributed by atoms with Gasteiger partial charge in [-0.2, -0.15) is 5.10 Å². The Morgan fingerprint density at radius 1 is 1.08 bits per heavy atom. The number of hydrogen-bond donors (Lipinski definition) is 1. The highest BCUT2D eigenvalue weighted by Gasteiger charge is 2.05. The number of hydrogen-bond acceptors (Lipinski definition) is 4. The number of rotatable bonds is 6. The maximum atomic E-state index is 11.8. The lowest BCUT2D eigenvalue weighted by molar-refractivity contribution is -0.123. The fraction of sp³-hybridized carbons (Fsp3) is 0.263. The molecule has 0 heterocycles. The van der Waals surface area contributed by atoms with Crippen molar-refractivity contribution in [1.82, 2.24) is 5.43 Å². The van der Waals surface area contributed by atoms with Gasteiger partial charge in [-0.05, 0) is 50.6 Å². The second-order valence-electron chi connectivity index (χ2n) is 5.51. The summed E-state index contributed by atoms with van der Waals surface area (Å²) in [5, 5.41) is 4.14. The van der Waals surface area contributed by atoms with Crippen molar-refractivity contribution in [2.45, 2.75) is 20.8 Å². The molecule has 0 unspecified atom stereocenters. The Labute approximate surface area is 142 Å². The molecule has 2 aromatic rings. The fourth-order valence-electron chi connectivity index (χ4n) is 2.28. The van der Waals surface area contributed by atoms with Crippen molar-refractivity contribution in [3.63, 3.8) is 0 Å². The quantitative estimate of drug-likeness (QED) is 0.655. The van der Waals surface area contributed by atoms with E-state index >= 15 is 0 Å². The fourth-order valence-corrected chi connectivity index (χ4v) is 2.28. The van der Waals surface area contributed by atoms with Crippen molar-refractivity contribution in [3.05, 3.63) is 59.2 Å². The van der Waals surface area contributed by atoms with E-state index in [2.05, 4.69) is 16.6 Å². The molecule has 0 fully saturated rings. The molecule has 2 rings (SSSR count).